The molecule has 0 saturated carbocycles. The van der Waals surface area contributed by atoms with Crippen LogP contribution in [0.2, 0.25) is 0 Å². The number of nitrogens with one attached hydrogen (secondary N) is 1. The Bertz CT molecular complexity index is 764. The van der Waals surface area contributed by atoms with E-state index in [1.54, 1.807) is 0 Å². The molecule has 0 aliphatic carbocycles. The second kappa shape index (κ2) is 8.73. The normalized spacial score (nSPS) is 11.2. The van der Waals surface area contributed by atoms with Crippen molar-refractivity contribution in [3.8, 4) is 0 Å². The molecule has 1 aromatic heterocycles. The largest absolute Gasteiger partial charge is 0.323 e. The summed E-state index contributed by atoms with van der Waals surface area (Å²) in [5, 5.41) is 3.87. The first-order valence-electron chi connectivity index (χ1n) is 8.11. The van der Waals surface area contributed by atoms with E-state index in [-0.39, 0.29) is 5.91 Å². The molecule has 0 aliphatic rings. The predicted molar refractivity (Wildman–Crippen MR) is 112 cm³/mol. The van der Waals surface area contributed by atoms with Crippen molar-refractivity contribution in [3.63, 3.8) is 0 Å². The Morgan fingerprint density at radius 2 is 1.84 bits per heavy atom. The maximum Gasteiger partial charge on any atom is 0.234 e. The van der Waals surface area contributed by atoms with E-state index >= 15 is 0 Å². The molecule has 0 atom stereocenters. The summed E-state index contributed by atoms with van der Waals surface area (Å²) in [6.07, 6.45) is 0. The fraction of sp³-hybridized carbons (Fsp3) is 0.444. The lowest BCUT2D eigenvalue weighted by molar-refractivity contribution is -0.113. The van der Waals surface area contributed by atoms with Crippen molar-refractivity contribution in [3.05, 3.63) is 38.0 Å². The van der Waals surface area contributed by atoms with Gasteiger partial charge >= 0.3 is 0 Å². The van der Waals surface area contributed by atoms with E-state index in [1.807, 2.05) is 26.0 Å². The molecule has 0 fully saturated rings. The molecule has 0 unspecified atom stereocenters. The molecule has 1 aromatic carbocycles. The van der Waals surface area contributed by atoms with Gasteiger partial charge in [0.1, 0.15) is 0 Å². The first kappa shape index (κ1) is 20.5. The molecule has 4 nitrogen and oxygen atoms in total. The van der Waals surface area contributed by atoms with Gasteiger partial charge in [-0.2, -0.15) is 0 Å². The zero-order valence-corrected chi connectivity index (χ0v) is 19.1. The molecule has 25 heavy (non-hydrogen) atoms. The molecule has 0 saturated heterocycles. The Kier molecular flexibility index (Phi) is 7.17. The summed E-state index contributed by atoms with van der Waals surface area (Å²) >= 11 is 8.49. The maximum absolute atomic E-state index is 12.4. The monoisotopic (exact) mass is 487 g/mol. The molecule has 1 amide bonds. The third-order valence-electron chi connectivity index (χ3n) is 3.75. The molecule has 2 aromatic rings. The third kappa shape index (κ3) is 5.34. The minimum absolute atomic E-state index is 0.0512. The van der Waals surface area contributed by atoms with Crippen molar-refractivity contribution < 1.29 is 4.79 Å². The fourth-order valence-electron chi connectivity index (χ4n) is 2.44. The van der Waals surface area contributed by atoms with Gasteiger partial charge in [-0.3, -0.25) is 4.79 Å². The summed E-state index contributed by atoms with van der Waals surface area (Å²) in [7, 11) is 0. The quantitative estimate of drug-likeness (QED) is 0.529. The maximum atomic E-state index is 12.4. The van der Waals surface area contributed by atoms with Crippen LogP contribution in [0.15, 0.2) is 26.2 Å². The van der Waals surface area contributed by atoms with E-state index in [9.17, 15) is 4.79 Å². The number of hydrogen-bond donors (Lipinski definition) is 1. The highest BCUT2D eigenvalue weighted by atomic mass is 79.9. The smallest absolute Gasteiger partial charge is 0.234 e. The molecule has 7 heteroatoms. The second-order valence-corrected chi connectivity index (χ2v) is 9.16. The molecule has 0 spiro atoms. The van der Waals surface area contributed by atoms with Crippen molar-refractivity contribution in [2.24, 2.45) is 5.92 Å². The summed E-state index contributed by atoms with van der Waals surface area (Å²) in [5.41, 5.74) is 4.06. The van der Waals surface area contributed by atoms with Gasteiger partial charge in [0.15, 0.2) is 5.16 Å². The summed E-state index contributed by atoms with van der Waals surface area (Å²) in [6, 6.07) is 3.96. The van der Waals surface area contributed by atoms with Crippen LogP contribution in [0.1, 0.15) is 30.8 Å². The molecule has 2 rings (SSSR count). The molecule has 136 valence electrons. The van der Waals surface area contributed by atoms with Gasteiger partial charge in [0.05, 0.1) is 17.1 Å². The Morgan fingerprint density at radius 1 is 1.24 bits per heavy atom. The van der Waals surface area contributed by atoms with Crippen LogP contribution in [-0.2, 0) is 11.3 Å². The predicted octanol–water partition coefficient (Wildman–Crippen LogP) is 5.72. The Balaban J connectivity index is 2.07. The standard InChI is InChI=1S/C18H23Br2N3OS/c1-10(2)8-23-13(5)12(4)21-18(23)25-9-16(24)22-17-14(19)6-11(3)7-15(17)20/h6-7,10H,8-9H2,1-5H3,(H,22,24). The Hall–Kier alpha value is -0.790. The number of carbonyl (C=O) groups is 1. The lowest BCUT2D eigenvalue weighted by Crippen LogP contribution is -2.16. The topological polar surface area (TPSA) is 46.9 Å². The van der Waals surface area contributed by atoms with Crippen LogP contribution in [0.25, 0.3) is 0 Å². The van der Waals surface area contributed by atoms with Crippen LogP contribution in [0.4, 0.5) is 5.69 Å². The highest BCUT2D eigenvalue weighted by Gasteiger charge is 2.15. The van der Waals surface area contributed by atoms with Crippen molar-refractivity contribution in [2.75, 3.05) is 11.1 Å². The number of carbonyl (C=O) groups excluding carboxylic acids is 1. The number of thioether (sulfide) groups is 1. The van der Waals surface area contributed by atoms with Gasteiger partial charge in [-0.15, -0.1) is 0 Å². The molecule has 0 bridgehead atoms. The highest BCUT2D eigenvalue weighted by Crippen LogP contribution is 2.32. The zero-order chi connectivity index (χ0) is 18.7. The van der Waals surface area contributed by atoms with Crippen LogP contribution >= 0.6 is 43.6 Å². The van der Waals surface area contributed by atoms with Crippen LogP contribution < -0.4 is 5.32 Å². The van der Waals surface area contributed by atoms with Crippen molar-refractivity contribution >= 4 is 55.2 Å². The third-order valence-corrected chi connectivity index (χ3v) is 5.98. The number of aromatic nitrogens is 2. The molecule has 1 N–H and O–H groups in total. The summed E-state index contributed by atoms with van der Waals surface area (Å²) in [5.74, 6) is 0.797. The lowest BCUT2D eigenvalue weighted by atomic mass is 10.2. The van der Waals surface area contributed by atoms with Gasteiger partial charge in [-0.1, -0.05) is 25.6 Å². The van der Waals surface area contributed by atoms with E-state index < -0.39 is 0 Å². The number of amides is 1. The van der Waals surface area contributed by atoms with Gasteiger partial charge in [-0.05, 0) is 76.2 Å². The fourth-order valence-corrected chi connectivity index (χ4v) is 4.95. The number of aryl methyl sites for hydroxylation is 2. The minimum Gasteiger partial charge on any atom is -0.323 e. The van der Waals surface area contributed by atoms with Crippen molar-refractivity contribution in [1.82, 2.24) is 9.55 Å². The summed E-state index contributed by atoms with van der Waals surface area (Å²) in [6.45, 7) is 11.4. The second-order valence-electron chi connectivity index (χ2n) is 6.51. The average molecular weight is 489 g/mol. The SMILES string of the molecule is Cc1cc(Br)c(NC(=O)CSc2nc(C)c(C)n2CC(C)C)c(Br)c1. The van der Waals surface area contributed by atoms with E-state index in [0.717, 1.165) is 37.6 Å². The number of anilines is 1. The molecular formula is C18H23Br2N3OS. The average Bonchev–Trinajstić information content (AvgIpc) is 2.76. The van der Waals surface area contributed by atoms with Crippen LogP contribution in [0, 0.1) is 26.7 Å². The van der Waals surface area contributed by atoms with E-state index in [4.69, 9.17) is 0 Å². The number of rotatable bonds is 6. The number of hydrogen-bond acceptors (Lipinski definition) is 3. The highest BCUT2D eigenvalue weighted by molar-refractivity contribution is 9.11. The van der Waals surface area contributed by atoms with Gasteiger partial charge < -0.3 is 9.88 Å². The first-order valence-corrected chi connectivity index (χ1v) is 10.7. The molecule has 0 radical (unpaired) electrons. The molecule has 0 aliphatic heterocycles. The van der Waals surface area contributed by atoms with E-state index in [1.165, 1.54) is 17.5 Å². The van der Waals surface area contributed by atoms with Crippen LogP contribution in [0.3, 0.4) is 0 Å². The number of halogens is 2. The van der Waals surface area contributed by atoms with Gasteiger partial charge in [0.25, 0.3) is 0 Å². The van der Waals surface area contributed by atoms with Gasteiger partial charge in [0, 0.05) is 21.2 Å². The van der Waals surface area contributed by atoms with Crippen LogP contribution in [0.5, 0.6) is 0 Å². The molecular weight excluding hydrogens is 466 g/mol. The van der Waals surface area contributed by atoms with Gasteiger partial charge in [-0.25, -0.2) is 4.98 Å². The number of nitrogens with zero attached hydrogens (tertiary/aromatic N) is 2. The van der Waals surface area contributed by atoms with E-state index in [0.29, 0.717) is 11.7 Å². The number of imidazole rings is 1. The van der Waals surface area contributed by atoms with E-state index in [2.05, 4.69) is 67.5 Å². The van der Waals surface area contributed by atoms with Crippen molar-refractivity contribution in [1.29, 1.82) is 0 Å². The van der Waals surface area contributed by atoms with Gasteiger partial charge in [0.2, 0.25) is 5.91 Å². The van der Waals surface area contributed by atoms with Crippen LogP contribution in [-0.4, -0.2) is 21.2 Å². The Labute approximate surface area is 170 Å². The molecule has 1 heterocycles. The first-order chi connectivity index (χ1) is 11.7. The minimum atomic E-state index is -0.0512. The van der Waals surface area contributed by atoms with Crippen molar-refractivity contribution in [2.45, 2.75) is 46.3 Å². The number of benzene rings is 1. The summed E-state index contributed by atoms with van der Waals surface area (Å²) in [4.78, 5) is 17.0. The lowest BCUT2D eigenvalue weighted by Gasteiger charge is -2.13. The summed E-state index contributed by atoms with van der Waals surface area (Å²) < 4.78 is 3.94. The Morgan fingerprint density at radius 3 is 2.40 bits per heavy atom. The zero-order valence-electron chi connectivity index (χ0n) is 15.1.